The lowest BCUT2D eigenvalue weighted by Gasteiger charge is -2.07. The summed E-state index contributed by atoms with van der Waals surface area (Å²) in [5, 5.41) is 11.6. The average molecular weight is 224 g/mol. The number of carboxylic acids is 1. The summed E-state index contributed by atoms with van der Waals surface area (Å²) in [4.78, 5) is 10.5. The van der Waals surface area contributed by atoms with Crippen LogP contribution in [0.2, 0.25) is 0 Å². The fourth-order valence-electron chi connectivity index (χ4n) is 0.994. The van der Waals surface area contributed by atoms with Crippen LogP contribution in [0.3, 0.4) is 0 Å². The maximum atomic E-state index is 12.3. The molecule has 0 aliphatic rings. The number of carbonyl (C=O) groups is 1. The highest BCUT2D eigenvalue weighted by Gasteiger charge is 2.36. The SMILES string of the molecule is COCc1cc(C(=O)O)n(C(F)(F)F)n1. The average Bonchev–Trinajstić information content (AvgIpc) is 2.48. The lowest BCUT2D eigenvalue weighted by Crippen LogP contribution is -2.23. The lowest BCUT2D eigenvalue weighted by molar-refractivity contribution is -0.213. The van der Waals surface area contributed by atoms with Crippen LogP contribution in [-0.2, 0) is 17.6 Å². The molecule has 0 spiro atoms. The molecule has 15 heavy (non-hydrogen) atoms. The molecule has 84 valence electrons. The molecule has 0 aliphatic heterocycles. The number of rotatable bonds is 3. The van der Waals surface area contributed by atoms with Crippen molar-refractivity contribution < 1.29 is 27.8 Å². The number of aromatic nitrogens is 2. The van der Waals surface area contributed by atoms with Gasteiger partial charge in [0.2, 0.25) is 0 Å². The van der Waals surface area contributed by atoms with Gasteiger partial charge < -0.3 is 9.84 Å². The number of hydrogen-bond acceptors (Lipinski definition) is 3. The van der Waals surface area contributed by atoms with Crippen molar-refractivity contribution >= 4 is 5.97 Å². The predicted octanol–water partition coefficient (Wildman–Crippen LogP) is 1.20. The summed E-state index contributed by atoms with van der Waals surface area (Å²) in [6.45, 7) is -0.177. The monoisotopic (exact) mass is 224 g/mol. The zero-order valence-corrected chi connectivity index (χ0v) is 7.58. The zero-order chi connectivity index (χ0) is 11.6. The van der Waals surface area contributed by atoms with E-state index in [0.29, 0.717) is 0 Å². The van der Waals surface area contributed by atoms with E-state index in [9.17, 15) is 18.0 Å². The molecule has 1 heterocycles. The number of methoxy groups -OCH3 is 1. The van der Waals surface area contributed by atoms with Gasteiger partial charge in [0.15, 0.2) is 5.69 Å². The maximum Gasteiger partial charge on any atom is 0.505 e. The summed E-state index contributed by atoms with van der Waals surface area (Å²) < 4.78 is 40.8. The highest BCUT2D eigenvalue weighted by atomic mass is 19.4. The fraction of sp³-hybridized carbons (Fsp3) is 0.429. The third kappa shape index (κ3) is 2.46. The maximum absolute atomic E-state index is 12.3. The van der Waals surface area contributed by atoms with E-state index in [1.54, 1.807) is 0 Å². The van der Waals surface area contributed by atoms with Crippen molar-refractivity contribution in [2.75, 3.05) is 7.11 Å². The highest BCUT2D eigenvalue weighted by Crippen LogP contribution is 2.24. The van der Waals surface area contributed by atoms with E-state index in [4.69, 9.17) is 5.11 Å². The summed E-state index contributed by atoms with van der Waals surface area (Å²) in [6, 6.07) is 0.819. The minimum Gasteiger partial charge on any atom is -0.477 e. The molecule has 0 aliphatic carbocycles. The molecule has 0 radical (unpaired) electrons. The van der Waals surface area contributed by atoms with Crippen molar-refractivity contribution in [2.24, 2.45) is 0 Å². The summed E-state index contributed by atoms with van der Waals surface area (Å²) in [6.07, 6.45) is -4.85. The number of carboxylic acid groups (broad SMARTS) is 1. The number of alkyl halides is 3. The van der Waals surface area contributed by atoms with Gasteiger partial charge in [-0.25, -0.2) is 4.79 Å². The van der Waals surface area contributed by atoms with Gasteiger partial charge in [-0.2, -0.15) is 9.78 Å². The molecule has 1 aromatic rings. The van der Waals surface area contributed by atoms with Crippen LogP contribution in [0.5, 0.6) is 0 Å². The molecule has 0 amide bonds. The second-order valence-electron chi connectivity index (χ2n) is 2.64. The number of aromatic carboxylic acids is 1. The lowest BCUT2D eigenvalue weighted by atomic mass is 10.3. The topological polar surface area (TPSA) is 64.3 Å². The van der Waals surface area contributed by atoms with E-state index < -0.39 is 22.6 Å². The Balaban J connectivity index is 3.18. The molecular formula is C7H7F3N2O3. The van der Waals surface area contributed by atoms with Gasteiger partial charge in [0.05, 0.1) is 12.3 Å². The molecule has 1 N–H and O–H groups in total. The van der Waals surface area contributed by atoms with E-state index in [2.05, 4.69) is 9.84 Å². The van der Waals surface area contributed by atoms with E-state index >= 15 is 0 Å². The zero-order valence-electron chi connectivity index (χ0n) is 7.58. The predicted molar refractivity (Wildman–Crippen MR) is 41.2 cm³/mol. The first-order chi connectivity index (χ1) is 6.86. The Labute approximate surface area is 82.1 Å². The van der Waals surface area contributed by atoms with Gasteiger partial charge in [0.25, 0.3) is 0 Å². The summed E-state index contributed by atoms with van der Waals surface area (Å²) in [5.74, 6) is -1.69. The Morgan fingerprint density at radius 1 is 1.67 bits per heavy atom. The molecule has 0 bridgehead atoms. The van der Waals surface area contributed by atoms with Crippen molar-refractivity contribution in [3.63, 3.8) is 0 Å². The Kier molecular flexibility index (Phi) is 2.98. The van der Waals surface area contributed by atoms with E-state index in [0.717, 1.165) is 6.07 Å². The molecule has 0 fully saturated rings. The highest BCUT2D eigenvalue weighted by molar-refractivity contribution is 5.85. The fourth-order valence-corrected chi connectivity index (χ4v) is 0.994. The van der Waals surface area contributed by atoms with Crippen molar-refractivity contribution in [1.82, 2.24) is 9.78 Å². The van der Waals surface area contributed by atoms with Crippen LogP contribution in [0.25, 0.3) is 0 Å². The largest absolute Gasteiger partial charge is 0.505 e. The van der Waals surface area contributed by atoms with Crippen LogP contribution in [0.4, 0.5) is 13.2 Å². The van der Waals surface area contributed by atoms with Gasteiger partial charge in [-0.3, -0.25) is 0 Å². The van der Waals surface area contributed by atoms with Gasteiger partial charge >= 0.3 is 12.3 Å². The third-order valence-electron chi connectivity index (χ3n) is 1.51. The van der Waals surface area contributed by atoms with E-state index in [1.807, 2.05) is 0 Å². The molecule has 8 heteroatoms. The van der Waals surface area contributed by atoms with Gasteiger partial charge in [-0.05, 0) is 6.07 Å². The normalized spacial score (nSPS) is 11.7. The first-order valence-electron chi connectivity index (χ1n) is 3.74. The van der Waals surface area contributed by atoms with Crippen LogP contribution in [-0.4, -0.2) is 28.0 Å². The molecule has 0 saturated heterocycles. The number of halogens is 3. The van der Waals surface area contributed by atoms with Gasteiger partial charge in [-0.1, -0.05) is 0 Å². The van der Waals surface area contributed by atoms with E-state index in [1.165, 1.54) is 7.11 Å². The minimum absolute atomic E-state index is 0.0905. The van der Waals surface area contributed by atoms with Crippen molar-refractivity contribution in [2.45, 2.75) is 12.9 Å². The Morgan fingerprint density at radius 3 is 2.60 bits per heavy atom. The quantitative estimate of drug-likeness (QED) is 0.837. The second-order valence-corrected chi connectivity index (χ2v) is 2.64. The summed E-state index contributed by atoms with van der Waals surface area (Å²) >= 11 is 0. The third-order valence-corrected chi connectivity index (χ3v) is 1.51. The van der Waals surface area contributed by atoms with Crippen molar-refractivity contribution in [1.29, 1.82) is 0 Å². The van der Waals surface area contributed by atoms with Crippen LogP contribution in [0, 0.1) is 0 Å². The van der Waals surface area contributed by atoms with Gasteiger partial charge in [0.1, 0.15) is 0 Å². The Morgan fingerprint density at radius 2 is 2.27 bits per heavy atom. The van der Waals surface area contributed by atoms with Crippen LogP contribution in [0.15, 0.2) is 6.07 Å². The molecule has 5 nitrogen and oxygen atoms in total. The first kappa shape index (κ1) is 11.5. The van der Waals surface area contributed by atoms with Gasteiger partial charge in [-0.15, -0.1) is 13.2 Å². The number of hydrogen-bond donors (Lipinski definition) is 1. The first-order valence-corrected chi connectivity index (χ1v) is 3.74. The van der Waals surface area contributed by atoms with Crippen molar-refractivity contribution in [3.8, 4) is 0 Å². The molecule has 0 unspecified atom stereocenters. The molecule has 1 aromatic heterocycles. The molecule has 0 aromatic carbocycles. The minimum atomic E-state index is -4.85. The van der Waals surface area contributed by atoms with Crippen LogP contribution >= 0.6 is 0 Å². The van der Waals surface area contributed by atoms with Crippen LogP contribution < -0.4 is 0 Å². The standard InChI is InChI=1S/C7H7F3N2O3/c1-15-3-4-2-5(6(13)14)12(11-4)7(8,9)10/h2H,3H2,1H3,(H,13,14). The van der Waals surface area contributed by atoms with Crippen molar-refractivity contribution in [3.05, 3.63) is 17.5 Å². The molecule has 0 atom stereocenters. The molecule has 1 rings (SSSR count). The molecular weight excluding hydrogens is 217 g/mol. The summed E-state index contributed by atoms with van der Waals surface area (Å²) in [5.41, 5.74) is -1.03. The number of ether oxygens (including phenoxy) is 1. The van der Waals surface area contributed by atoms with Gasteiger partial charge in [0, 0.05) is 7.11 Å². The summed E-state index contributed by atoms with van der Waals surface area (Å²) in [7, 11) is 1.27. The number of nitrogens with zero attached hydrogens (tertiary/aromatic N) is 2. The smallest absolute Gasteiger partial charge is 0.477 e. The van der Waals surface area contributed by atoms with E-state index in [-0.39, 0.29) is 12.3 Å². The Hall–Kier alpha value is -1.57. The second kappa shape index (κ2) is 3.89. The van der Waals surface area contributed by atoms with Crippen LogP contribution in [0.1, 0.15) is 16.2 Å². The molecule has 0 saturated carbocycles. The Bertz CT molecular complexity index is 372.